The van der Waals surface area contributed by atoms with Crippen LogP contribution in [0.25, 0.3) is 40.9 Å². The van der Waals surface area contributed by atoms with Crippen LogP contribution in [0, 0.1) is 31.1 Å². The van der Waals surface area contributed by atoms with Crippen LogP contribution >= 0.6 is 61.3 Å². The first kappa shape index (κ1) is 103. The summed E-state index contributed by atoms with van der Waals surface area (Å²) in [5.41, 5.74) is 10.2. The van der Waals surface area contributed by atoms with Crippen molar-refractivity contribution in [1.82, 2.24) is 39.9 Å². The fraction of sp³-hybridized carbons (Fsp3) is 0.385. The summed E-state index contributed by atoms with van der Waals surface area (Å²) in [6.07, 6.45) is 17.2. The van der Waals surface area contributed by atoms with Gasteiger partial charge in [0.05, 0.1) is 83.1 Å². The fourth-order valence-corrected chi connectivity index (χ4v) is 19.3. The molecule has 0 unspecified atom stereocenters. The molecule has 4 aromatic carbocycles. The Morgan fingerprint density at radius 1 is 0.473 bits per heavy atom. The molecule has 5 saturated heterocycles. The van der Waals surface area contributed by atoms with E-state index in [0.717, 1.165) is 184 Å². The molecule has 10 N–H and O–H groups in total. The molecule has 0 radical (unpaired) electrons. The second kappa shape index (κ2) is 48.9. The Labute approximate surface area is 799 Å². The van der Waals surface area contributed by atoms with Crippen LogP contribution in [0.3, 0.4) is 0 Å². The van der Waals surface area contributed by atoms with Crippen LogP contribution in [-0.2, 0) is 30.2 Å². The van der Waals surface area contributed by atoms with E-state index >= 15 is 0 Å². The Balaban J connectivity index is 0.000000184. The second-order valence-electron chi connectivity index (χ2n) is 31.7. The number of nitrogens with two attached hydrogens (primary N) is 1. The van der Waals surface area contributed by atoms with Gasteiger partial charge in [0.25, 0.3) is 23.6 Å². The smallest absolute Gasteiger partial charge is 1.00 e. The summed E-state index contributed by atoms with van der Waals surface area (Å²) in [4.78, 5) is 127. The van der Waals surface area contributed by atoms with Crippen molar-refractivity contribution in [2.45, 2.75) is 103 Å². The Kier molecular flexibility index (Phi) is 39.0. The normalized spacial score (nSPS) is 14.9. The Morgan fingerprint density at radius 2 is 0.775 bits per heavy atom. The number of halogens is 2. The number of pyridine rings is 4. The zero-order valence-electron chi connectivity index (χ0n) is 72.9. The van der Waals surface area contributed by atoms with E-state index in [9.17, 15) is 59.1 Å². The van der Waals surface area contributed by atoms with Crippen LogP contribution in [-0.4, -0.2) is 230 Å². The molecule has 17 rings (SSSR count). The minimum absolute atomic E-state index is 0. The molecule has 0 saturated carbocycles. The number of anilines is 7. The third kappa shape index (κ3) is 27.9. The number of fused-ring (bicyclic) bond motifs is 4. The summed E-state index contributed by atoms with van der Waals surface area (Å²) in [6, 6.07) is 34.9. The number of piperidine rings is 4. The Morgan fingerprint density at radius 3 is 1.06 bits per heavy atom. The molecule has 8 aromatic heterocycles. The average molecular weight is 1980 g/mol. The maximum Gasteiger partial charge on any atom is 2.00 e. The minimum Gasteiger partial charge on any atom is -1.00 e. The zero-order chi connectivity index (χ0) is 89.6. The number of carbonyl (C=O) groups is 7. The number of aldehydes is 1. The number of esters is 2. The summed E-state index contributed by atoms with van der Waals surface area (Å²) in [5.74, 6) is -1.22. The summed E-state index contributed by atoms with van der Waals surface area (Å²) in [7, 11) is 2.67. The van der Waals surface area contributed by atoms with Crippen molar-refractivity contribution >= 4 is 205 Å². The van der Waals surface area contributed by atoms with Gasteiger partial charge in [-0.1, -0.05) is 69.6 Å². The van der Waals surface area contributed by atoms with E-state index in [4.69, 9.17) is 34.9 Å². The topological polar surface area (TPSA) is 427 Å². The molecule has 38 heteroatoms. The SMILES string of the molecule is C1CCOC1.CC(C)(O)c1cc2nc(N3CCC(C=O)CC3)sc2cc1NC(=O)c1ccccn1.CC(C)(O)c1cc2nc(N3CCC(CO)CC3)sc2cc1NC(=O)c1ccccn1.COC(=O)c1cc2nc(N3CCC(CO)CC3)sc2cc1Br.COC(=O)c1cc2nc(N3CCC(CO)CC3)sc2cc1NC(=O)c1ccccn1.NC(=O)c1ccccn1.[Br-].[CH3-].[Mg+2]. The van der Waals surface area contributed by atoms with Gasteiger partial charge in [-0.3, -0.25) is 39.1 Å². The van der Waals surface area contributed by atoms with E-state index in [1.165, 1.54) is 50.8 Å². The largest absolute Gasteiger partial charge is 2.00 e. The van der Waals surface area contributed by atoms with Crippen LogP contribution < -0.4 is 58.3 Å². The van der Waals surface area contributed by atoms with Gasteiger partial charge in [0, 0.05) is 143 Å². The van der Waals surface area contributed by atoms with Gasteiger partial charge in [-0.05, 0) is 223 Å². The molecule has 31 nitrogen and oxygen atoms in total. The van der Waals surface area contributed by atoms with Crippen LogP contribution in [0.1, 0.15) is 166 Å². The number of amides is 4. The standard InChI is InChI=1S/C22H26N4O3S.C22H24N4O3S.C21H22N4O4S.C15H17BrN2O3S.C6H6N2O.C4H8O.CH3.BrH.Mg/c2*1-22(2,29)15-11-18-19(12-17(15)24-20(28)16-5-3-4-8-23-16)30-21(25-18)26-9-6-14(13-27)7-10-26;1-29-20(28)14-10-17-18(11-16(14)23-19(27)15-4-2-3-7-22-15)30-21(24-17)25-8-5-13(12-26)6-9-25;1-21-14(20)10-6-12-13(7-11(10)16)22-15(17-12)18-4-2-9(8-19)3-5-18;7-6(9)5-3-1-2-4-8-5;1-2-4-5-3-1;;;/h3-5,8,11-12,14,27,29H,6-7,9-10,13H2,1-2H3,(H,24,28);3-5,8,11-14,29H,6-7,9-10H2,1-2H3,(H,24,28);2-4,7,10-11,13,26H,5-6,8-9,12H2,1H3,(H,23,27);6-7,9,19H,2-5,8H2,1H3;1-4H,(H2,7,9);1-4H2;1H3;1H;/q;;;;;;-1;;+2/p-1. The number of aromatic nitrogens is 8. The van der Waals surface area contributed by atoms with Crippen LogP contribution in [0.5, 0.6) is 0 Å². The summed E-state index contributed by atoms with van der Waals surface area (Å²) >= 11 is 9.67. The molecule has 0 spiro atoms. The molecule has 0 aliphatic carbocycles. The second-order valence-corrected chi connectivity index (χ2v) is 36.6. The van der Waals surface area contributed by atoms with E-state index in [1.54, 1.807) is 165 Å². The van der Waals surface area contributed by atoms with Crippen molar-refractivity contribution in [1.29, 1.82) is 0 Å². The van der Waals surface area contributed by atoms with Gasteiger partial charge in [0.2, 0.25) is 0 Å². The number of nitrogens with one attached hydrogen (secondary N) is 3. The first-order chi connectivity index (χ1) is 60.7. The monoisotopic (exact) mass is 1970 g/mol. The number of ether oxygens (including phenoxy) is 3. The summed E-state index contributed by atoms with van der Waals surface area (Å²) < 4.78 is 19.1. The first-order valence-electron chi connectivity index (χ1n) is 41.5. The number of hydrogen-bond acceptors (Lipinski definition) is 31. The van der Waals surface area contributed by atoms with Gasteiger partial charge < -0.3 is 110 Å². The van der Waals surface area contributed by atoms with Crippen LogP contribution in [0.4, 0.5) is 37.6 Å². The van der Waals surface area contributed by atoms with Gasteiger partial charge >= 0.3 is 35.0 Å². The van der Waals surface area contributed by atoms with Crippen molar-refractivity contribution in [2.24, 2.45) is 29.4 Å². The van der Waals surface area contributed by atoms with E-state index < -0.39 is 29.0 Å². The number of aliphatic hydroxyl groups is 5. The predicted octanol–water partition coefficient (Wildman–Crippen LogP) is 11.0. The molecule has 680 valence electrons. The van der Waals surface area contributed by atoms with Crippen LogP contribution in [0.15, 0.2) is 151 Å². The Bertz CT molecular complexity index is 5700. The first-order valence-corrected chi connectivity index (χ1v) is 45.6. The molecular weight excluding hydrogens is 1870 g/mol. The molecule has 5 aliphatic heterocycles. The number of benzene rings is 4. The molecule has 5 fully saturated rings. The van der Waals surface area contributed by atoms with Gasteiger partial charge in [-0.25, -0.2) is 29.5 Å². The number of methoxy groups -OCH3 is 2. The van der Waals surface area contributed by atoms with E-state index in [0.29, 0.717) is 74.1 Å². The van der Waals surface area contributed by atoms with Gasteiger partial charge in [-0.15, -0.1) is 0 Å². The van der Waals surface area contributed by atoms with E-state index in [1.807, 2.05) is 30.3 Å². The molecule has 0 bridgehead atoms. The van der Waals surface area contributed by atoms with Gasteiger partial charge in [0.1, 0.15) is 29.1 Å². The minimum atomic E-state index is -1.16. The Hall–Kier alpha value is -9.78. The predicted molar refractivity (Wildman–Crippen MR) is 508 cm³/mol. The van der Waals surface area contributed by atoms with Crippen molar-refractivity contribution in [3.63, 3.8) is 0 Å². The fourth-order valence-electron chi connectivity index (χ4n) is 14.4. The number of aliphatic hydroxyl groups excluding tert-OH is 3. The van der Waals surface area contributed by atoms with E-state index in [2.05, 4.69) is 76.4 Å². The van der Waals surface area contributed by atoms with Crippen molar-refractivity contribution in [3.8, 4) is 0 Å². The quantitative estimate of drug-likeness (QED) is 0.0157. The van der Waals surface area contributed by atoms with Gasteiger partial charge in [-0.2, -0.15) is 0 Å². The van der Waals surface area contributed by atoms with Crippen LogP contribution in [0.2, 0.25) is 0 Å². The molecule has 13 heterocycles. The third-order valence-corrected chi connectivity index (χ3v) is 26.7. The van der Waals surface area contributed by atoms with Crippen molar-refractivity contribution in [2.75, 3.05) is 135 Å². The number of hydrogen-bond donors (Lipinski definition) is 9. The van der Waals surface area contributed by atoms with E-state index in [-0.39, 0.29) is 102 Å². The molecule has 0 atom stereocenters. The average Bonchev–Trinajstić information content (AvgIpc) is 1.67. The molecule has 4 amide bonds. The number of primary amides is 1. The number of nitrogens with zero attached hydrogens (tertiary/aromatic N) is 12. The van der Waals surface area contributed by atoms with Gasteiger partial charge in [0.15, 0.2) is 20.5 Å². The maximum absolute atomic E-state index is 12.6. The van der Waals surface area contributed by atoms with Crippen molar-refractivity contribution in [3.05, 3.63) is 203 Å². The maximum atomic E-state index is 12.6. The molecule has 12 aromatic rings. The number of rotatable bonds is 19. The van der Waals surface area contributed by atoms with Crippen molar-refractivity contribution < 1.29 is 90.3 Å². The summed E-state index contributed by atoms with van der Waals surface area (Å²) in [5, 5.41) is 61.5. The zero-order valence-corrected chi connectivity index (χ0v) is 80.7. The number of carbonyl (C=O) groups excluding carboxylic acids is 7. The third-order valence-electron chi connectivity index (χ3n) is 21.8. The molecular formula is C91H106Br2MgN16O15S4. The molecule has 129 heavy (non-hydrogen) atoms. The summed E-state index contributed by atoms with van der Waals surface area (Å²) in [6.45, 7) is 16.3. The molecule has 5 aliphatic rings. The number of thiazole rings is 4.